The van der Waals surface area contributed by atoms with Crippen LogP contribution < -0.4 is 11.2 Å². The molecule has 76 valence electrons. The molecule has 0 N–H and O–H groups in total. The molecule has 5 heteroatoms. The summed E-state index contributed by atoms with van der Waals surface area (Å²) in [4.78, 5) is 23.3. The van der Waals surface area contributed by atoms with Crippen molar-refractivity contribution in [1.82, 2.24) is 9.13 Å². The maximum atomic E-state index is 11.8. The summed E-state index contributed by atoms with van der Waals surface area (Å²) in [6, 6.07) is 1.56. The zero-order valence-electron chi connectivity index (χ0n) is 8.02. The molecule has 0 bridgehead atoms. The van der Waals surface area contributed by atoms with Gasteiger partial charge in [-0.1, -0.05) is 6.92 Å². The lowest BCUT2D eigenvalue weighted by molar-refractivity contribution is 0.540. The van der Waals surface area contributed by atoms with Gasteiger partial charge in [-0.3, -0.25) is 13.9 Å². The summed E-state index contributed by atoms with van der Waals surface area (Å²) in [6.07, 6.45) is 0.807. The van der Waals surface area contributed by atoms with Crippen LogP contribution in [0.25, 0.3) is 0 Å². The molecule has 1 aromatic heterocycles. The molecule has 14 heavy (non-hydrogen) atoms. The van der Waals surface area contributed by atoms with Crippen LogP contribution in [0.3, 0.4) is 0 Å². The van der Waals surface area contributed by atoms with Crippen LogP contribution in [0.5, 0.6) is 0 Å². The molecular weight excluding hydrogens is 200 g/mol. The number of aromatic nitrogens is 2. The van der Waals surface area contributed by atoms with Crippen LogP contribution in [0.15, 0.2) is 20.7 Å². The van der Waals surface area contributed by atoms with Crippen LogP contribution in [0.4, 0.5) is 0 Å². The normalized spacial score (nSPS) is 14.4. The summed E-state index contributed by atoms with van der Waals surface area (Å²) in [5, 5.41) is 0.812. The Balaban J connectivity index is 2.63. The predicted molar refractivity (Wildman–Crippen MR) is 56.0 cm³/mol. The average molecular weight is 212 g/mol. The molecule has 0 radical (unpaired) electrons. The van der Waals surface area contributed by atoms with Gasteiger partial charge in [0.1, 0.15) is 0 Å². The van der Waals surface area contributed by atoms with Gasteiger partial charge < -0.3 is 0 Å². The molecule has 0 fully saturated rings. The molecule has 4 nitrogen and oxygen atoms in total. The van der Waals surface area contributed by atoms with Crippen LogP contribution >= 0.6 is 11.8 Å². The molecule has 0 unspecified atom stereocenters. The Bertz CT molecular complexity index is 461. The quantitative estimate of drug-likeness (QED) is 0.671. The first kappa shape index (κ1) is 9.58. The van der Waals surface area contributed by atoms with E-state index in [1.165, 1.54) is 4.57 Å². The fourth-order valence-corrected chi connectivity index (χ4v) is 2.58. The van der Waals surface area contributed by atoms with Gasteiger partial charge in [-0.25, -0.2) is 4.79 Å². The minimum Gasteiger partial charge on any atom is -0.287 e. The van der Waals surface area contributed by atoms with Crippen molar-refractivity contribution in [3.63, 3.8) is 0 Å². The maximum Gasteiger partial charge on any atom is 0.331 e. The number of hydrogen-bond acceptors (Lipinski definition) is 3. The number of thioether (sulfide) groups is 1. The summed E-state index contributed by atoms with van der Waals surface area (Å²) in [6.45, 7) is 3.20. The van der Waals surface area contributed by atoms with Gasteiger partial charge >= 0.3 is 5.69 Å². The molecule has 0 aromatic carbocycles. The first-order valence-electron chi connectivity index (χ1n) is 4.71. The minimum atomic E-state index is -0.169. The Morgan fingerprint density at radius 3 is 3.00 bits per heavy atom. The van der Waals surface area contributed by atoms with Gasteiger partial charge in [0.05, 0.1) is 5.03 Å². The van der Waals surface area contributed by atoms with Crippen molar-refractivity contribution in [3.8, 4) is 0 Å². The van der Waals surface area contributed by atoms with Crippen molar-refractivity contribution < 1.29 is 0 Å². The van der Waals surface area contributed by atoms with Gasteiger partial charge in [0.2, 0.25) is 0 Å². The monoisotopic (exact) mass is 212 g/mol. The lowest BCUT2D eigenvalue weighted by Gasteiger charge is -2.06. The molecule has 0 aliphatic carbocycles. The molecular formula is C9H12N2O2S. The Kier molecular flexibility index (Phi) is 2.50. The highest BCUT2D eigenvalue weighted by molar-refractivity contribution is 7.99. The number of hydrogen-bond donors (Lipinski definition) is 0. The lowest BCUT2D eigenvalue weighted by Crippen LogP contribution is -2.39. The number of fused-ring (bicyclic) bond motifs is 1. The first-order valence-corrected chi connectivity index (χ1v) is 5.70. The lowest BCUT2D eigenvalue weighted by atomic mass is 10.4. The van der Waals surface area contributed by atoms with Crippen LogP contribution in [0.1, 0.15) is 13.3 Å². The standard InChI is InChI=1S/C9H12N2O2S/c1-2-3-10-7(12)6-8-11(9(10)13)4-5-14-8/h6H,2-5H2,1H3. The summed E-state index contributed by atoms with van der Waals surface area (Å²) < 4.78 is 3.00. The zero-order valence-corrected chi connectivity index (χ0v) is 8.84. The zero-order chi connectivity index (χ0) is 10.1. The third kappa shape index (κ3) is 1.41. The number of rotatable bonds is 2. The highest BCUT2D eigenvalue weighted by Crippen LogP contribution is 2.21. The van der Waals surface area contributed by atoms with Gasteiger partial charge in [-0.05, 0) is 6.42 Å². The molecule has 1 aromatic rings. The Morgan fingerprint density at radius 1 is 1.50 bits per heavy atom. The van der Waals surface area contributed by atoms with E-state index in [2.05, 4.69) is 0 Å². The van der Waals surface area contributed by atoms with E-state index in [-0.39, 0.29) is 11.2 Å². The predicted octanol–water partition coefficient (Wildman–Crippen LogP) is 0.526. The Hall–Kier alpha value is -0.970. The fourth-order valence-electron chi connectivity index (χ4n) is 1.59. The van der Waals surface area contributed by atoms with Crippen molar-refractivity contribution in [2.24, 2.45) is 0 Å². The van der Waals surface area contributed by atoms with Crippen LogP contribution in [-0.4, -0.2) is 14.9 Å². The molecule has 0 atom stereocenters. The first-order chi connectivity index (χ1) is 6.74. The molecule has 0 saturated heterocycles. The van der Waals surface area contributed by atoms with E-state index in [4.69, 9.17) is 0 Å². The molecule has 0 saturated carbocycles. The third-order valence-corrected chi connectivity index (χ3v) is 3.27. The van der Waals surface area contributed by atoms with E-state index in [0.717, 1.165) is 23.7 Å². The summed E-state index contributed by atoms with van der Waals surface area (Å²) in [5.74, 6) is 0.894. The topological polar surface area (TPSA) is 44.0 Å². The molecule has 1 aliphatic rings. The van der Waals surface area contributed by atoms with Crippen LogP contribution in [0, 0.1) is 0 Å². The van der Waals surface area contributed by atoms with Gasteiger partial charge in [0, 0.05) is 24.9 Å². The van der Waals surface area contributed by atoms with Crippen molar-refractivity contribution in [2.75, 3.05) is 5.75 Å². The third-order valence-electron chi connectivity index (χ3n) is 2.25. The second-order valence-corrected chi connectivity index (χ2v) is 4.37. The van der Waals surface area contributed by atoms with Crippen molar-refractivity contribution >= 4 is 11.8 Å². The molecule has 2 heterocycles. The van der Waals surface area contributed by atoms with Gasteiger partial charge in [-0.2, -0.15) is 0 Å². The molecule has 1 aliphatic heterocycles. The van der Waals surface area contributed by atoms with Crippen molar-refractivity contribution in [1.29, 1.82) is 0 Å². The average Bonchev–Trinajstić information content (AvgIpc) is 2.60. The van der Waals surface area contributed by atoms with Crippen LogP contribution in [0.2, 0.25) is 0 Å². The van der Waals surface area contributed by atoms with E-state index in [1.807, 2.05) is 6.92 Å². The van der Waals surface area contributed by atoms with Gasteiger partial charge in [0.25, 0.3) is 5.56 Å². The SMILES string of the molecule is CCCn1c(=O)cc2n(c1=O)CCS2. The van der Waals surface area contributed by atoms with E-state index >= 15 is 0 Å². The fraction of sp³-hybridized carbons (Fsp3) is 0.556. The van der Waals surface area contributed by atoms with E-state index < -0.39 is 0 Å². The Morgan fingerprint density at radius 2 is 2.29 bits per heavy atom. The second kappa shape index (κ2) is 3.65. The minimum absolute atomic E-state index is 0.153. The van der Waals surface area contributed by atoms with Gasteiger partial charge in [0.15, 0.2) is 0 Å². The van der Waals surface area contributed by atoms with E-state index in [9.17, 15) is 9.59 Å². The summed E-state index contributed by atoms with van der Waals surface area (Å²) >= 11 is 1.57. The van der Waals surface area contributed by atoms with E-state index in [1.54, 1.807) is 22.4 Å². The largest absolute Gasteiger partial charge is 0.331 e. The maximum absolute atomic E-state index is 11.8. The highest BCUT2D eigenvalue weighted by atomic mass is 32.2. The Labute approximate surface area is 85.6 Å². The van der Waals surface area contributed by atoms with Crippen LogP contribution in [-0.2, 0) is 13.1 Å². The van der Waals surface area contributed by atoms with E-state index in [0.29, 0.717) is 6.54 Å². The molecule has 2 rings (SSSR count). The van der Waals surface area contributed by atoms with Crippen molar-refractivity contribution in [3.05, 3.63) is 26.9 Å². The van der Waals surface area contributed by atoms with Crippen molar-refractivity contribution in [2.45, 2.75) is 31.5 Å². The highest BCUT2D eigenvalue weighted by Gasteiger charge is 2.15. The smallest absolute Gasteiger partial charge is 0.287 e. The summed E-state index contributed by atoms with van der Waals surface area (Å²) in [7, 11) is 0. The van der Waals surface area contributed by atoms with Gasteiger partial charge in [-0.15, -0.1) is 11.8 Å². The second-order valence-electron chi connectivity index (χ2n) is 3.26. The molecule has 0 spiro atoms. The summed E-state index contributed by atoms with van der Waals surface area (Å²) in [5.41, 5.74) is -0.322. The number of nitrogens with zero attached hydrogens (tertiary/aromatic N) is 2. The molecule has 0 amide bonds.